The van der Waals surface area contributed by atoms with Crippen LogP contribution in [-0.2, 0) is 9.53 Å². The minimum absolute atomic E-state index is 0.185. The molecule has 0 spiro atoms. The second-order valence-corrected chi connectivity index (χ2v) is 4.85. The van der Waals surface area contributed by atoms with Crippen molar-refractivity contribution >= 4 is 5.97 Å². The number of hydrogen-bond donors (Lipinski definition) is 0. The summed E-state index contributed by atoms with van der Waals surface area (Å²) in [6.45, 7) is 8.46. The molecule has 0 atom stereocenters. The number of rotatable bonds is 4. The highest BCUT2D eigenvalue weighted by Gasteiger charge is 2.22. The van der Waals surface area contributed by atoms with Crippen molar-refractivity contribution in [1.82, 2.24) is 0 Å². The van der Waals surface area contributed by atoms with E-state index in [1.807, 2.05) is 13.8 Å². The Hall–Kier alpha value is -0.790. The molecule has 0 N–H and O–H groups in total. The van der Waals surface area contributed by atoms with Crippen molar-refractivity contribution in [3.8, 4) is 0 Å². The standard InChI is InChI=1S/C13H22O2/c1-10(2)9-15-13(14)11(3)12-7-5-4-6-8-12/h10,12H,3-9H2,1-2H3. The van der Waals surface area contributed by atoms with Crippen molar-refractivity contribution in [2.45, 2.75) is 46.0 Å². The molecule has 0 saturated heterocycles. The summed E-state index contributed by atoms with van der Waals surface area (Å²) in [5.41, 5.74) is 0.690. The van der Waals surface area contributed by atoms with Crippen LogP contribution in [0, 0.1) is 11.8 Å². The molecule has 0 amide bonds. The molecule has 0 heterocycles. The summed E-state index contributed by atoms with van der Waals surface area (Å²) < 4.78 is 5.18. The lowest BCUT2D eigenvalue weighted by molar-refractivity contribution is -0.140. The third-order valence-corrected chi connectivity index (χ3v) is 2.91. The van der Waals surface area contributed by atoms with Gasteiger partial charge in [-0.3, -0.25) is 0 Å². The lowest BCUT2D eigenvalue weighted by Gasteiger charge is -2.22. The Balaban J connectivity index is 2.34. The molecule has 2 heteroatoms. The van der Waals surface area contributed by atoms with Gasteiger partial charge in [-0.05, 0) is 24.7 Å². The van der Waals surface area contributed by atoms with Gasteiger partial charge in [0.2, 0.25) is 0 Å². The molecule has 0 radical (unpaired) electrons. The first kappa shape index (κ1) is 12.3. The van der Waals surface area contributed by atoms with E-state index in [1.165, 1.54) is 19.3 Å². The predicted molar refractivity (Wildman–Crippen MR) is 61.5 cm³/mol. The molecule has 1 aliphatic rings. The van der Waals surface area contributed by atoms with Gasteiger partial charge in [-0.1, -0.05) is 39.7 Å². The SMILES string of the molecule is C=C(C(=O)OCC(C)C)C1CCCCC1. The maximum absolute atomic E-state index is 11.6. The van der Waals surface area contributed by atoms with E-state index in [0.29, 0.717) is 24.0 Å². The van der Waals surface area contributed by atoms with E-state index in [4.69, 9.17) is 4.74 Å². The topological polar surface area (TPSA) is 26.3 Å². The molecule has 86 valence electrons. The molecule has 0 aromatic rings. The highest BCUT2D eigenvalue weighted by Crippen LogP contribution is 2.29. The second kappa shape index (κ2) is 5.94. The Kier molecular flexibility index (Phi) is 4.86. The van der Waals surface area contributed by atoms with Gasteiger partial charge in [0.15, 0.2) is 0 Å². The van der Waals surface area contributed by atoms with Crippen molar-refractivity contribution in [3.05, 3.63) is 12.2 Å². The number of carbonyl (C=O) groups excluding carboxylic acids is 1. The molecule has 1 saturated carbocycles. The quantitative estimate of drug-likeness (QED) is 0.525. The summed E-state index contributed by atoms with van der Waals surface area (Å²) in [7, 11) is 0. The average molecular weight is 210 g/mol. The summed E-state index contributed by atoms with van der Waals surface area (Å²) in [5, 5.41) is 0. The van der Waals surface area contributed by atoms with Crippen LogP contribution in [0.3, 0.4) is 0 Å². The minimum Gasteiger partial charge on any atom is -0.462 e. The number of ether oxygens (including phenoxy) is 1. The lowest BCUT2D eigenvalue weighted by Crippen LogP contribution is -2.19. The Morgan fingerprint density at radius 2 is 1.93 bits per heavy atom. The fourth-order valence-electron chi connectivity index (χ4n) is 1.95. The van der Waals surface area contributed by atoms with E-state index in [9.17, 15) is 4.79 Å². The van der Waals surface area contributed by atoms with Crippen LogP contribution >= 0.6 is 0 Å². The maximum Gasteiger partial charge on any atom is 0.333 e. The summed E-state index contributed by atoms with van der Waals surface area (Å²) in [6.07, 6.45) is 5.96. The van der Waals surface area contributed by atoms with E-state index in [1.54, 1.807) is 0 Å². The van der Waals surface area contributed by atoms with Crippen molar-refractivity contribution in [3.63, 3.8) is 0 Å². The highest BCUT2D eigenvalue weighted by molar-refractivity contribution is 5.88. The van der Waals surface area contributed by atoms with Gasteiger partial charge in [0.1, 0.15) is 0 Å². The highest BCUT2D eigenvalue weighted by atomic mass is 16.5. The normalized spacial score (nSPS) is 17.8. The summed E-state index contributed by atoms with van der Waals surface area (Å²) in [4.78, 5) is 11.6. The van der Waals surface area contributed by atoms with E-state index in [2.05, 4.69) is 6.58 Å². The van der Waals surface area contributed by atoms with Gasteiger partial charge in [0, 0.05) is 5.57 Å². The van der Waals surface area contributed by atoms with Gasteiger partial charge >= 0.3 is 5.97 Å². The molecule has 2 nitrogen and oxygen atoms in total. The first-order chi connectivity index (χ1) is 7.11. The van der Waals surface area contributed by atoms with Gasteiger partial charge in [0.05, 0.1) is 6.61 Å². The third kappa shape index (κ3) is 4.06. The van der Waals surface area contributed by atoms with Crippen molar-refractivity contribution in [1.29, 1.82) is 0 Å². The average Bonchev–Trinajstić information content (AvgIpc) is 2.26. The molecule has 0 aromatic heterocycles. The number of carbonyl (C=O) groups is 1. The van der Waals surface area contributed by atoms with E-state index >= 15 is 0 Å². The molecule has 15 heavy (non-hydrogen) atoms. The van der Waals surface area contributed by atoms with Crippen LogP contribution in [0.15, 0.2) is 12.2 Å². The van der Waals surface area contributed by atoms with Gasteiger partial charge in [-0.2, -0.15) is 0 Å². The zero-order valence-corrected chi connectivity index (χ0v) is 9.92. The molecular formula is C13H22O2. The zero-order valence-electron chi connectivity index (χ0n) is 9.92. The second-order valence-electron chi connectivity index (χ2n) is 4.85. The number of esters is 1. The summed E-state index contributed by atoms with van der Waals surface area (Å²) in [6, 6.07) is 0. The van der Waals surface area contributed by atoms with Crippen molar-refractivity contribution < 1.29 is 9.53 Å². The Morgan fingerprint density at radius 1 is 1.33 bits per heavy atom. The molecule has 1 fully saturated rings. The summed E-state index contributed by atoms with van der Waals surface area (Å²) >= 11 is 0. The van der Waals surface area contributed by atoms with E-state index in [0.717, 1.165) is 12.8 Å². The Bertz CT molecular complexity index is 225. The largest absolute Gasteiger partial charge is 0.462 e. The van der Waals surface area contributed by atoms with Gasteiger partial charge in [0.25, 0.3) is 0 Å². The third-order valence-electron chi connectivity index (χ3n) is 2.91. The molecule has 1 aliphatic carbocycles. The Morgan fingerprint density at radius 3 is 2.47 bits per heavy atom. The predicted octanol–water partition coefficient (Wildman–Crippen LogP) is 3.32. The molecule has 1 rings (SSSR count). The molecule has 0 unspecified atom stereocenters. The van der Waals surface area contributed by atoms with Crippen LogP contribution < -0.4 is 0 Å². The fourth-order valence-corrected chi connectivity index (χ4v) is 1.95. The number of hydrogen-bond acceptors (Lipinski definition) is 2. The van der Waals surface area contributed by atoms with Crippen LogP contribution in [0.2, 0.25) is 0 Å². The monoisotopic (exact) mass is 210 g/mol. The van der Waals surface area contributed by atoms with E-state index < -0.39 is 0 Å². The molecular weight excluding hydrogens is 188 g/mol. The van der Waals surface area contributed by atoms with Crippen LogP contribution in [0.5, 0.6) is 0 Å². The minimum atomic E-state index is -0.185. The first-order valence-electron chi connectivity index (χ1n) is 5.97. The van der Waals surface area contributed by atoms with Crippen LogP contribution in [0.25, 0.3) is 0 Å². The molecule has 0 aliphatic heterocycles. The van der Waals surface area contributed by atoms with Crippen molar-refractivity contribution in [2.24, 2.45) is 11.8 Å². The van der Waals surface area contributed by atoms with Gasteiger partial charge in [-0.15, -0.1) is 0 Å². The molecule has 0 bridgehead atoms. The Labute approximate surface area is 92.7 Å². The fraction of sp³-hybridized carbons (Fsp3) is 0.769. The zero-order chi connectivity index (χ0) is 11.3. The smallest absolute Gasteiger partial charge is 0.333 e. The maximum atomic E-state index is 11.6. The summed E-state index contributed by atoms with van der Waals surface area (Å²) in [5.74, 6) is 0.585. The van der Waals surface area contributed by atoms with Crippen LogP contribution in [-0.4, -0.2) is 12.6 Å². The van der Waals surface area contributed by atoms with Gasteiger partial charge < -0.3 is 4.74 Å². The molecule has 0 aromatic carbocycles. The van der Waals surface area contributed by atoms with Crippen molar-refractivity contribution in [2.75, 3.05) is 6.61 Å². The van der Waals surface area contributed by atoms with Gasteiger partial charge in [-0.25, -0.2) is 4.79 Å². The lowest BCUT2D eigenvalue weighted by atomic mass is 9.84. The van der Waals surface area contributed by atoms with Crippen LogP contribution in [0.1, 0.15) is 46.0 Å². The van der Waals surface area contributed by atoms with E-state index in [-0.39, 0.29) is 5.97 Å². The van der Waals surface area contributed by atoms with Crippen LogP contribution in [0.4, 0.5) is 0 Å². The first-order valence-corrected chi connectivity index (χ1v) is 5.97.